The first-order valence-electron chi connectivity index (χ1n) is 8.49. The van der Waals surface area contributed by atoms with Crippen LogP contribution in [-0.2, 0) is 5.41 Å². The number of hydrogen-bond acceptors (Lipinski definition) is 4. The second-order valence-electron chi connectivity index (χ2n) is 7.08. The second kappa shape index (κ2) is 7.35. The molecule has 0 bridgehead atoms. The Balaban J connectivity index is 1.65. The van der Waals surface area contributed by atoms with Crippen LogP contribution in [0.3, 0.4) is 0 Å². The summed E-state index contributed by atoms with van der Waals surface area (Å²) in [6.07, 6.45) is 0. The predicted molar refractivity (Wildman–Crippen MR) is 105 cm³/mol. The maximum absolute atomic E-state index is 12.2. The molecule has 3 rings (SSSR count). The van der Waals surface area contributed by atoms with Crippen LogP contribution >= 0.6 is 0 Å². The molecule has 5 heteroatoms. The van der Waals surface area contributed by atoms with Crippen LogP contribution in [-0.4, -0.2) is 16.1 Å². The van der Waals surface area contributed by atoms with Gasteiger partial charge in [0.25, 0.3) is 5.91 Å². The van der Waals surface area contributed by atoms with E-state index in [1.807, 2.05) is 42.5 Å². The number of rotatable bonds is 4. The number of nitrogens with zero attached hydrogens (tertiary/aromatic N) is 2. The van der Waals surface area contributed by atoms with Gasteiger partial charge in [0.1, 0.15) is 0 Å². The molecule has 0 saturated heterocycles. The fourth-order valence-corrected chi connectivity index (χ4v) is 2.44. The van der Waals surface area contributed by atoms with E-state index in [1.54, 1.807) is 12.1 Å². The maximum Gasteiger partial charge on any atom is 0.276 e. The number of carbonyl (C=O) groups is 1. The van der Waals surface area contributed by atoms with Gasteiger partial charge in [0.2, 0.25) is 0 Å². The Kier molecular flexibility index (Phi) is 4.98. The minimum Gasteiger partial charge on any atom is -0.339 e. The molecular weight excluding hydrogens is 324 g/mol. The Hall–Kier alpha value is -3.21. The average Bonchev–Trinajstić information content (AvgIpc) is 2.63. The van der Waals surface area contributed by atoms with Crippen molar-refractivity contribution in [1.29, 1.82) is 0 Å². The van der Waals surface area contributed by atoms with Crippen LogP contribution in [0.2, 0.25) is 0 Å². The summed E-state index contributed by atoms with van der Waals surface area (Å²) in [5.74, 6) is 0.301. The molecule has 1 heterocycles. The highest BCUT2D eigenvalue weighted by atomic mass is 16.1. The number of amides is 1. The van der Waals surface area contributed by atoms with E-state index in [9.17, 15) is 4.79 Å². The number of aromatic nitrogens is 2. The molecule has 0 aliphatic heterocycles. The smallest absolute Gasteiger partial charge is 0.276 e. The Morgan fingerprint density at radius 3 is 2.08 bits per heavy atom. The van der Waals surface area contributed by atoms with Crippen molar-refractivity contribution in [2.45, 2.75) is 26.2 Å². The quantitative estimate of drug-likeness (QED) is 0.714. The number of para-hydroxylation sites is 1. The van der Waals surface area contributed by atoms with Gasteiger partial charge in [0.15, 0.2) is 11.5 Å². The van der Waals surface area contributed by atoms with E-state index in [1.165, 1.54) is 5.56 Å². The molecule has 0 radical (unpaired) electrons. The average molecular weight is 346 g/mol. The minimum absolute atomic E-state index is 0.117. The second-order valence-corrected chi connectivity index (χ2v) is 7.08. The Morgan fingerprint density at radius 2 is 1.50 bits per heavy atom. The molecule has 0 fully saturated rings. The van der Waals surface area contributed by atoms with Crippen LogP contribution in [0.25, 0.3) is 0 Å². The van der Waals surface area contributed by atoms with E-state index in [-0.39, 0.29) is 17.0 Å². The lowest BCUT2D eigenvalue weighted by molar-refractivity contribution is 0.102. The molecule has 0 spiro atoms. The summed E-state index contributed by atoms with van der Waals surface area (Å²) in [5.41, 5.74) is 3.30. The third-order valence-electron chi connectivity index (χ3n) is 3.95. The van der Waals surface area contributed by atoms with E-state index in [0.717, 1.165) is 11.4 Å². The molecule has 26 heavy (non-hydrogen) atoms. The lowest BCUT2D eigenvalue weighted by atomic mass is 9.87. The summed E-state index contributed by atoms with van der Waals surface area (Å²) in [6.45, 7) is 6.54. The van der Waals surface area contributed by atoms with E-state index in [2.05, 4.69) is 53.7 Å². The molecule has 1 aromatic heterocycles. The van der Waals surface area contributed by atoms with Gasteiger partial charge >= 0.3 is 0 Å². The summed E-state index contributed by atoms with van der Waals surface area (Å²) in [6, 6.07) is 20.9. The monoisotopic (exact) mass is 346 g/mol. The summed E-state index contributed by atoms with van der Waals surface area (Å²) in [4.78, 5) is 12.2. The normalized spacial score (nSPS) is 11.0. The molecule has 0 saturated carbocycles. The van der Waals surface area contributed by atoms with Crippen LogP contribution in [0.5, 0.6) is 0 Å². The first-order chi connectivity index (χ1) is 12.4. The van der Waals surface area contributed by atoms with Crippen molar-refractivity contribution in [3.05, 3.63) is 78.0 Å². The molecule has 5 nitrogen and oxygen atoms in total. The van der Waals surface area contributed by atoms with Gasteiger partial charge in [-0.05, 0) is 47.4 Å². The largest absolute Gasteiger partial charge is 0.339 e. The van der Waals surface area contributed by atoms with Gasteiger partial charge in [0, 0.05) is 11.4 Å². The standard InChI is InChI=1S/C21H22N4O/c1-21(2,3)15-9-11-17(12-10-15)22-19-14-13-18(24-25-19)20(26)23-16-7-5-4-6-8-16/h4-14H,1-3H3,(H,22,25)(H,23,26). The third-order valence-corrected chi connectivity index (χ3v) is 3.95. The van der Waals surface area contributed by atoms with Crippen molar-refractivity contribution in [3.63, 3.8) is 0 Å². The highest BCUT2D eigenvalue weighted by molar-refractivity contribution is 6.02. The van der Waals surface area contributed by atoms with Crippen LogP contribution in [0.4, 0.5) is 17.2 Å². The van der Waals surface area contributed by atoms with Crippen molar-refractivity contribution in [2.75, 3.05) is 10.6 Å². The van der Waals surface area contributed by atoms with E-state index in [4.69, 9.17) is 0 Å². The minimum atomic E-state index is -0.287. The topological polar surface area (TPSA) is 66.9 Å². The van der Waals surface area contributed by atoms with Crippen LogP contribution in [0.15, 0.2) is 66.7 Å². The first kappa shape index (κ1) is 17.6. The third kappa shape index (κ3) is 4.45. The lowest BCUT2D eigenvalue weighted by Crippen LogP contribution is -2.14. The molecule has 0 atom stereocenters. The zero-order valence-electron chi connectivity index (χ0n) is 15.2. The fourth-order valence-electron chi connectivity index (χ4n) is 2.44. The Bertz CT molecular complexity index is 867. The molecule has 2 N–H and O–H groups in total. The predicted octanol–water partition coefficient (Wildman–Crippen LogP) is 4.77. The number of hydrogen-bond donors (Lipinski definition) is 2. The van der Waals surface area contributed by atoms with Gasteiger partial charge in [-0.2, -0.15) is 0 Å². The Labute approximate surface area is 153 Å². The summed E-state index contributed by atoms with van der Waals surface area (Å²) < 4.78 is 0. The zero-order chi connectivity index (χ0) is 18.6. The summed E-state index contributed by atoms with van der Waals surface area (Å²) in [5, 5.41) is 14.1. The molecular formula is C21H22N4O. The van der Waals surface area contributed by atoms with Gasteiger partial charge in [-0.1, -0.05) is 51.1 Å². The van der Waals surface area contributed by atoms with Crippen LogP contribution < -0.4 is 10.6 Å². The van der Waals surface area contributed by atoms with Gasteiger partial charge in [-0.15, -0.1) is 10.2 Å². The fraction of sp³-hybridized carbons (Fsp3) is 0.190. The summed E-state index contributed by atoms with van der Waals surface area (Å²) in [7, 11) is 0. The SMILES string of the molecule is CC(C)(C)c1ccc(Nc2ccc(C(=O)Nc3ccccc3)nn2)cc1. The molecule has 0 unspecified atom stereocenters. The van der Waals surface area contributed by atoms with Crippen molar-refractivity contribution >= 4 is 23.1 Å². The number of benzene rings is 2. The van der Waals surface area contributed by atoms with Crippen LogP contribution in [0, 0.1) is 0 Å². The van der Waals surface area contributed by atoms with Gasteiger partial charge in [0.05, 0.1) is 0 Å². The molecule has 0 aliphatic rings. The van der Waals surface area contributed by atoms with Gasteiger partial charge in [-0.3, -0.25) is 4.79 Å². The van der Waals surface area contributed by atoms with Crippen LogP contribution in [0.1, 0.15) is 36.8 Å². The van der Waals surface area contributed by atoms with Gasteiger partial charge in [-0.25, -0.2) is 0 Å². The molecule has 0 aliphatic carbocycles. The first-order valence-corrected chi connectivity index (χ1v) is 8.49. The number of carbonyl (C=O) groups excluding carboxylic acids is 1. The van der Waals surface area contributed by atoms with Crippen molar-refractivity contribution < 1.29 is 4.79 Å². The molecule has 1 amide bonds. The number of anilines is 3. The van der Waals surface area contributed by atoms with Gasteiger partial charge < -0.3 is 10.6 Å². The summed E-state index contributed by atoms with van der Waals surface area (Å²) >= 11 is 0. The lowest BCUT2D eigenvalue weighted by Gasteiger charge is -2.19. The van der Waals surface area contributed by atoms with E-state index >= 15 is 0 Å². The molecule has 3 aromatic rings. The molecule has 132 valence electrons. The Morgan fingerprint density at radius 1 is 0.808 bits per heavy atom. The maximum atomic E-state index is 12.2. The highest BCUT2D eigenvalue weighted by Gasteiger charge is 2.13. The van der Waals surface area contributed by atoms with Crippen molar-refractivity contribution in [3.8, 4) is 0 Å². The zero-order valence-corrected chi connectivity index (χ0v) is 15.2. The van der Waals surface area contributed by atoms with E-state index < -0.39 is 0 Å². The molecule has 2 aromatic carbocycles. The van der Waals surface area contributed by atoms with Crippen molar-refractivity contribution in [1.82, 2.24) is 10.2 Å². The highest BCUT2D eigenvalue weighted by Crippen LogP contribution is 2.24. The van der Waals surface area contributed by atoms with E-state index in [0.29, 0.717) is 5.82 Å². The van der Waals surface area contributed by atoms with Crippen molar-refractivity contribution in [2.24, 2.45) is 0 Å². The number of nitrogens with one attached hydrogen (secondary N) is 2.